The van der Waals surface area contributed by atoms with Crippen LogP contribution in [0.2, 0.25) is 0 Å². The summed E-state index contributed by atoms with van der Waals surface area (Å²) in [5.74, 6) is 0. The van der Waals surface area contributed by atoms with Gasteiger partial charge in [-0.3, -0.25) is 4.98 Å². The lowest BCUT2D eigenvalue weighted by atomic mass is 10.2. The highest BCUT2D eigenvalue weighted by Gasteiger charge is 1.99. The second-order valence-electron chi connectivity index (χ2n) is 3.04. The maximum Gasteiger partial charge on any atom is 0.0772 e. The van der Waals surface area contributed by atoms with Gasteiger partial charge < -0.3 is 5.32 Å². The van der Waals surface area contributed by atoms with Crippen molar-refractivity contribution in [1.82, 2.24) is 10.3 Å². The summed E-state index contributed by atoms with van der Waals surface area (Å²) in [6.45, 7) is 2.96. The molecule has 2 nitrogen and oxygen atoms in total. The van der Waals surface area contributed by atoms with Gasteiger partial charge in [-0.05, 0) is 58.0 Å². The zero-order valence-electron chi connectivity index (χ0n) is 8.14. The van der Waals surface area contributed by atoms with Gasteiger partial charge in [0.05, 0.1) is 5.69 Å². The number of nitrogens with one attached hydrogen (secondary N) is 1. The summed E-state index contributed by atoms with van der Waals surface area (Å²) >= 11 is 6.84. The standard InChI is InChI=1S/C10H12Br2N2/c1-7(5-13-2)3-10-9(12)4-8(11)6-14-10/h3-4,6,13H,5H2,1-2H3/b7-3+. The smallest absolute Gasteiger partial charge is 0.0772 e. The molecule has 1 aromatic rings. The molecule has 0 aliphatic heterocycles. The average Bonchev–Trinajstić information content (AvgIpc) is 2.10. The maximum atomic E-state index is 4.30. The molecule has 14 heavy (non-hydrogen) atoms. The second kappa shape index (κ2) is 5.63. The third-order valence-corrected chi connectivity index (χ3v) is 2.74. The third kappa shape index (κ3) is 3.52. The fraction of sp³-hybridized carbons (Fsp3) is 0.300. The molecule has 0 aliphatic carbocycles. The minimum absolute atomic E-state index is 0.879. The van der Waals surface area contributed by atoms with E-state index in [0.717, 1.165) is 21.2 Å². The highest BCUT2D eigenvalue weighted by molar-refractivity contribution is 9.11. The van der Waals surface area contributed by atoms with Gasteiger partial charge in [-0.2, -0.15) is 0 Å². The Hall–Kier alpha value is -0.190. The van der Waals surface area contributed by atoms with Crippen LogP contribution < -0.4 is 5.32 Å². The van der Waals surface area contributed by atoms with Crippen molar-refractivity contribution in [2.45, 2.75) is 6.92 Å². The lowest BCUT2D eigenvalue weighted by molar-refractivity contribution is 0.884. The van der Waals surface area contributed by atoms with Crippen LogP contribution in [0.1, 0.15) is 12.6 Å². The van der Waals surface area contributed by atoms with Crippen LogP contribution >= 0.6 is 31.9 Å². The molecule has 0 bridgehead atoms. The molecular weight excluding hydrogens is 308 g/mol. The Morgan fingerprint density at radius 2 is 2.29 bits per heavy atom. The van der Waals surface area contributed by atoms with E-state index >= 15 is 0 Å². The largest absolute Gasteiger partial charge is 0.316 e. The first kappa shape index (κ1) is 11.9. The van der Waals surface area contributed by atoms with Crippen LogP contribution in [0.5, 0.6) is 0 Å². The number of rotatable bonds is 3. The summed E-state index contributed by atoms with van der Waals surface area (Å²) in [5, 5.41) is 3.10. The molecular formula is C10H12Br2N2. The first-order valence-electron chi connectivity index (χ1n) is 4.26. The van der Waals surface area contributed by atoms with E-state index in [1.165, 1.54) is 5.57 Å². The van der Waals surface area contributed by atoms with Gasteiger partial charge in [0.1, 0.15) is 0 Å². The molecule has 4 heteroatoms. The predicted octanol–water partition coefficient (Wildman–Crippen LogP) is 3.23. The molecule has 0 aliphatic rings. The summed E-state index contributed by atoms with van der Waals surface area (Å²) in [5.41, 5.74) is 2.21. The van der Waals surface area contributed by atoms with Gasteiger partial charge in [0.15, 0.2) is 0 Å². The number of aromatic nitrogens is 1. The van der Waals surface area contributed by atoms with Gasteiger partial charge in [0.25, 0.3) is 0 Å². The monoisotopic (exact) mass is 318 g/mol. The van der Waals surface area contributed by atoms with Crippen LogP contribution in [0.3, 0.4) is 0 Å². The van der Waals surface area contributed by atoms with Crippen LogP contribution in [-0.2, 0) is 0 Å². The molecule has 0 spiro atoms. The lowest BCUT2D eigenvalue weighted by Gasteiger charge is -2.02. The van der Waals surface area contributed by atoms with Gasteiger partial charge in [-0.1, -0.05) is 5.57 Å². The summed E-state index contributed by atoms with van der Waals surface area (Å²) in [6.07, 6.45) is 3.86. The summed E-state index contributed by atoms with van der Waals surface area (Å²) in [4.78, 5) is 4.30. The third-order valence-electron chi connectivity index (χ3n) is 1.68. The van der Waals surface area contributed by atoms with E-state index in [2.05, 4.69) is 55.2 Å². The van der Waals surface area contributed by atoms with Crippen molar-refractivity contribution >= 4 is 37.9 Å². The van der Waals surface area contributed by atoms with Crippen LogP contribution in [0.4, 0.5) is 0 Å². The first-order valence-corrected chi connectivity index (χ1v) is 5.85. The van der Waals surface area contributed by atoms with E-state index in [9.17, 15) is 0 Å². The topological polar surface area (TPSA) is 24.9 Å². The van der Waals surface area contributed by atoms with E-state index in [-0.39, 0.29) is 0 Å². The fourth-order valence-corrected chi connectivity index (χ4v) is 2.20. The normalized spacial score (nSPS) is 11.9. The van der Waals surface area contributed by atoms with Crippen molar-refractivity contribution < 1.29 is 0 Å². The van der Waals surface area contributed by atoms with Crippen LogP contribution in [0.25, 0.3) is 6.08 Å². The molecule has 0 amide bonds. The van der Waals surface area contributed by atoms with Gasteiger partial charge in [0, 0.05) is 21.7 Å². The Morgan fingerprint density at radius 3 is 2.86 bits per heavy atom. The highest BCUT2D eigenvalue weighted by Crippen LogP contribution is 2.21. The summed E-state index contributed by atoms with van der Waals surface area (Å²) < 4.78 is 1.98. The van der Waals surface area contributed by atoms with Gasteiger partial charge in [-0.15, -0.1) is 0 Å². The molecule has 0 atom stereocenters. The molecule has 0 radical (unpaired) electrons. The quantitative estimate of drug-likeness (QED) is 0.925. The van der Waals surface area contributed by atoms with Crippen molar-refractivity contribution in [2.75, 3.05) is 13.6 Å². The van der Waals surface area contributed by atoms with Gasteiger partial charge >= 0.3 is 0 Å². The highest BCUT2D eigenvalue weighted by atomic mass is 79.9. The number of hydrogen-bond donors (Lipinski definition) is 1. The van der Waals surface area contributed by atoms with Crippen LogP contribution in [-0.4, -0.2) is 18.6 Å². The Balaban J connectivity index is 2.91. The number of likely N-dealkylation sites (N-methyl/N-ethyl adjacent to an activating group) is 1. The number of nitrogens with zero attached hydrogens (tertiary/aromatic N) is 1. The zero-order valence-corrected chi connectivity index (χ0v) is 11.3. The number of pyridine rings is 1. The molecule has 1 heterocycles. The van der Waals surface area contributed by atoms with Gasteiger partial charge in [0.2, 0.25) is 0 Å². The first-order chi connectivity index (χ1) is 6.63. The SMILES string of the molecule is CNC/C(C)=C/c1ncc(Br)cc1Br. The molecule has 1 rings (SSSR count). The molecule has 0 unspecified atom stereocenters. The number of hydrogen-bond acceptors (Lipinski definition) is 2. The molecule has 76 valence electrons. The molecule has 0 saturated carbocycles. The minimum Gasteiger partial charge on any atom is -0.316 e. The van der Waals surface area contributed by atoms with Crippen molar-refractivity contribution in [3.05, 3.63) is 32.5 Å². The van der Waals surface area contributed by atoms with Crippen molar-refractivity contribution in [1.29, 1.82) is 0 Å². The van der Waals surface area contributed by atoms with E-state index in [1.54, 1.807) is 6.20 Å². The maximum absolute atomic E-state index is 4.30. The number of halogens is 2. The van der Waals surface area contributed by atoms with E-state index in [1.807, 2.05) is 13.1 Å². The lowest BCUT2D eigenvalue weighted by Crippen LogP contribution is -2.08. The van der Waals surface area contributed by atoms with Gasteiger partial charge in [-0.25, -0.2) is 0 Å². The fourth-order valence-electron chi connectivity index (χ4n) is 1.09. The van der Waals surface area contributed by atoms with Crippen molar-refractivity contribution in [3.63, 3.8) is 0 Å². The van der Waals surface area contributed by atoms with Crippen molar-refractivity contribution in [2.24, 2.45) is 0 Å². The summed E-state index contributed by atoms with van der Waals surface area (Å²) in [6, 6.07) is 1.99. The van der Waals surface area contributed by atoms with Crippen molar-refractivity contribution in [3.8, 4) is 0 Å². The zero-order chi connectivity index (χ0) is 10.6. The molecule has 0 aromatic carbocycles. The molecule has 1 aromatic heterocycles. The average molecular weight is 320 g/mol. The second-order valence-corrected chi connectivity index (χ2v) is 4.81. The minimum atomic E-state index is 0.879. The Labute approximate surface area is 101 Å². The Bertz CT molecular complexity index is 348. The molecule has 1 N–H and O–H groups in total. The molecule has 0 fully saturated rings. The van der Waals surface area contributed by atoms with Crippen LogP contribution in [0, 0.1) is 0 Å². The Morgan fingerprint density at radius 1 is 1.57 bits per heavy atom. The Kier molecular flexibility index (Phi) is 4.78. The molecule has 0 saturated heterocycles. The predicted molar refractivity (Wildman–Crippen MR) is 67.2 cm³/mol. The van der Waals surface area contributed by atoms with E-state index in [0.29, 0.717) is 0 Å². The van der Waals surface area contributed by atoms with Crippen LogP contribution in [0.15, 0.2) is 26.8 Å². The summed E-state index contributed by atoms with van der Waals surface area (Å²) in [7, 11) is 1.93. The van der Waals surface area contributed by atoms with E-state index < -0.39 is 0 Å². The van der Waals surface area contributed by atoms with E-state index in [4.69, 9.17) is 0 Å².